The second-order valence-electron chi connectivity index (χ2n) is 5.30. The van der Waals surface area contributed by atoms with Crippen LogP contribution in [0, 0.1) is 0 Å². The van der Waals surface area contributed by atoms with Gasteiger partial charge in [-0.1, -0.05) is 43.3 Å². The molecule has 3 nitrogen and oxygen atoms in total. The lowest BCUT2D eigenvalue weighted by molar-refractivity contribution is -0.111. The van der Waals surface area contributed by atoms with Crippen molar-refractivity contribution in [2.75, 3.05) is 5.32 Å². The summed E-state index contributed by atoms with van der Waals surface area (Å²) < 4.78 is 0. The van der Waals surface area contributed by atoms with Crippen molar-refractivity contribution in [3.05, 3.63) is 78.0 Å². The van der Waals surface area contributed by atoms with E-state index in [1.54, 1.807) is 18.3 Å². The van der Waals surface area contributed by atoms with Gasteiger partial charge in [0.25, 0.3) is 0 Å². The van der Waals surface area contributed by atoms with Crippen molar-refractivity contribution in [3.8, 4) is 0 Å². The number of nitrogens with zero attached hydrogens (tertiary/aromatic N) is 1. The monoisotopic (exact) mass is 302 g/mol. The number of carbonyl (C=O) groups excluding carboxylic acids is 1. The molecular formula is C20H18N2O. The van der Waals surface area contributed by atoms with Crippen LogP contribution in [-0.2, 0) is 11.2 Å². The predicted octanol–water partition coefficient (Wildman–Crippen LogP) is 4.45. The van der Waals surface area contributed by atoms with Crippen LogP contribution in [0.5, 0.6) is 0 Å². The molecule has 0 radical (unpaired) electrons. The Morgan fingerprint density at radius 1 is 1.13 bits per heavy atom. The minimum atomic E-state index is -0.147. The maximum absolute atomic E-state index is 12.1. The summed E-state index contributed by atoms with van der Waals surface area (Å²) >= 11 is 0. The first-order chi connectivity index (χ1) is 11.3. The summed E-state index contributed by atoms with van der Waals surface area (Å²) in [7, 11) is 0. The molecule has 1 amide bonds. The van der Waals surface area contributed by atoms with E-state index in [1.165, 1.54) is 5.56 Å². The van der Waals surface area contributed by atoms with Crippen molar-refractivity contribution >= 4 is 28.6 Å². The smallest absolute Gasteiger partial charge is 0.248 e. The van der Waals surface area contributed by atoms with E-state index < -0.39 is 0 Å². The van der Waals surface area contributed by atoms with E-state index in [-0.39, 0.29) is 5.91 Å². The number of hydrogen-bond donors (Lipinski definition) is 1. The molecule has 114 valence electrons. The SMILES string of the molecule is CCc1cccc(NC(=O)C=Cc2cccc3cccnc23)c1. The van der Waals surface area contributed by atoms with Crippen molar-refractivity contribution in [2.45, 2.75) is 13.3 Å². The van der Waals surface area contributed by atoms with Crippen LogP contribution in [0.4, 0.5) is 5.69 Å². The van der Waals surface area contributed by atoms with Crippen LogP contribution < -0.4 is 5.32 Å². The summed E-state index contributed by atoms with van der Waals surface area (Å²) in [6.45, 7) is 2.09. The maximum atomic E-state index is 12.1. The number of aryl methyl sites for hydroxylation is 1. The molecule has 0 fully saturated rings. The number of hydrogen-bond acceptors (Lipinski definition) is 2. The Hall–Kier alpha value is -2.94. The van der Waals surface area contributed by atoms with Gasteiger partial charge in [0, 0.05) is 28.9 Å². The Labute approximate surface area is 135 Å². The van der Waals surface area contributed by atoms with E-state index in [0.717, 1.165) is 28.6 Å². The summed E-state index contributed by atoms with van der Waals surface area (Å²) in [6.07, 6.45) is 6.05. The van der Waals surface area contributed by atoms with Gasteiger partial charge in [0.15, 0.2) is 0 Å². The molecule has 0 aliphatic heterocycles. The van der Waals surface area contributed by atoms with E-state index in [4.69, 9.17) is 0 Å². The summed E-state index contributed by atoms with van der Waals surface area (Å²) in [4.78, 5) is 16.5. The standard InChI is InChI=1S/C20H18N2O/c1-2-15-6-3-10-18(14-15)22-19(23)12-11-17-8-4-7-16-9-5-13-21-20(16)17/h3-14H,2H2,1H3,(H,22,23). The fraction of sp³-hybridized carbons (Fsp3) is 0.100. The second kappa shape index (κ2) is 6.88. The molecule has 0 saturated heterocycles. The normalized spacial score (nSPS) is 11.0. The van der Waals surface area contributed by atoms with E-state index >= 15 is 0 Å². The van der Waals surface area contributed by atoms with Gasteiger partial charge >= 0.3 is 0 Å². The highest BCUT2D eigenvalue weighted by molar-refractivity contribution is 6.03. The van der Waals surface area contributed by atoms with Crippen LogP contribution in [0.25, 0.3) is 17.0 Å². The van der Waals surface area contributed by atoms with Gasteiger partial charge in [0.2, 0.25) is 5.91 Å². The Morgan fingerprint density at radius 2 is 1.96 bits per heavy atom. The molecule has 3 heteroatoms. The lowest BCUT2D eigenvalue weighted by Crippen LogP contribution is -2.07. The fourth-order valence-electron chi connectivity index (χ4n) is 2.48. The number of anilines is 1. The van der Waals surface area contributed by atoms with Crippen molar-refractivity contribution < 1.29 is 4.79 Å². The number of para-hydroxylation sites is 1. The minimum absolute atomic E-state index is 0.147. The summed E-state index contributed by atoms with van der Waals surface area (Å²) in [5.74, 6) is -0.147. The van der Waals surface area contributed by atoms with Gasteiger partial charge in [-0.25, -0.2) is 0 Å². The first-order valence-corrected chi connectivity index (χ1v) is 7.68. The molecule has 1 N–H and O–H groups in total. The molecule has 3 rings (SSSR count). The first-order valence-electron chi connectivity index (χ1n) is 7.68. The Balaban J connectivity index is 1.77. The number of pyridine rings is 1. The molecule has 2 aromatic carbocycles. The van der Waals surface area contributed by atoms with Crippen molar-refractivity contribution in [1.82, 2.24) is 4.98 Å². The molecule has 1 heterocycles. The van der Waals surface area contributed by atoms with Crippen molar-refractivity contribution in [1.29, 1.82) is 0 Å². The van der Waals surface area contributed by atoms with Crippen molar-refractivity contribution in [2.24, 2.45) is 0 Å². The van der Waals surface area contributed by atoms with Crippen molar-refractivity contribution in [3.63, 3.8) is 0 Å². The molecule has 0 bridgehead atoms. The van der Waals surface area contributed by atoms with Gasteiger partial charge in [0.1, 0.15) is 0 Å². The average molecular weight is 302 g/mol. The third kappa shape index (κ3) is 3.64. The zero-order chi connectivity index (χ0) is 16.1. The number of nitrogens with one attached hydrogen (secondary N) is 1. The quantitative estimate of drug-likeness (QED) is 0.723. The molecule has 1 aromatic heterocycles. The van der Waals surface area contributed by atoms with Gasteiger partial charge < -0.3 is 5.32 Å². The Bertz CT molecular complexity index is 863. The summed E-state index contributed by atoms with van der Waals surface area (Å²) in [5, 5.41) is 3.95. The van der Waals surface area contributed by atoms with Gasteiger partial charge in [-0.15, -0.1) is 0 Å². The van der Waals surface area contributed by atoms with Crippen LogP contribution in [0.1, 0.15) is 18.1 Å². The number of rotatable bonds is 4. The first kappa shape index (κ1) is 15.0. The molecule has 23 heavy (non-hydrogen) atoms. The summed E-state index contributed by atoms with van der Waals surface area (Å²) in [5.41, 5.74) is 3.84. The van der Waals surface area contributed by atoms with E-state index in [2.05, 4.69) is 17.2 Å². The number of benzene rings is 2. The molecule has 0 aliphatic carbocycles. The lowest BCUT2D eigenvalue weighted by Gasteiger charge is -2.04. The van der Waals surface area contributed by atoms with E-state index in [1.807, 2.05) is 54.6 Å². The van der Waals surface area contributed by atoms with E-state index in [9.17, 15) is 4.79 Å². The largest absolute Gasteiger partial charge is 0.323 e. The maximum Gasteiger partial charge on any atom is 0.248 e. The average Bonchev–Trinajstić information content (AvgIpc) is 2.60. The van der Waals surface area contributed by atoms with Crippen LogP contribution in [-0.4, -0.2) is 10.9 Å². The minimum Gasteiger partial charge on any atom is -0.323 e. The molecule has 0 saturated carbocycles. The third-order valence-corrected chi connectivity index (χ3v) is 3.68. The highest BCUT2D eigenvalue weighted by Gasteiger charge is 2.01. The number of carbonyl (C=O) groups is 1. The third-order valence-electron chi connectivity index (χ3n) is 3.68. The molecule has 0 unspecified atom stereocenters. The Kier molecular flexibility index (Phi) is 4.48. The second-order valence-corrected chi connectivity index (χ2v) is 5.30. The van der Waals surface area contributed by atoms with Gasteiger partial charge in [-0.3, -0.25) is 9.78 Å². The van der Waals surface area contributed by atoms with Crippen LogP contribution in [0.3, 0.4) is 0 Å². The zero-order valence-corrected chi connectivity index (χ0v) is 13.0. The molecule has 0 atom stereocenters. The predicted molar refractivity (Wildman–Crippen MR) is 95.2 cm³/mol. The highest BCUT2D eigenvalue weighted by Crippen LogP contribution is 2.17. The van der Waals surface area contributed by atoms with Gasteiger partial charge in [-0.05, 0) is 36.3 Å². The highest BCUT2D eigenvalue weighted by atomic mass is 16.1. The van der Waals surface area contributed by atoms with Crippen LogP contribution >= 0.6 is 0 Å². The number of amides is 1. The summed E-state index contributed by atoms with van der Waals surface area (Å²) in [6, 6.07) is 17.7. The van der Waals surface area contributed by atoms with Crippen LogP contribution in [0.15, 0.2) is 66.9 Å². The molecular weight excluding hydrogens is 284 g/mol. The van der Waals surface area contributed by atoms with Gasteiger partial charge in [-0.2, -0.15) is 0 Å². The zero-order valence-electron chi connectivity index (χ0n) is 13.0. The van der Waals surface area contributed by atoms with Gasteiger partial charge in [0.05, 0.1) is 5.52 Å². The molecule has 3 aromatic rings. The lowest BCUT2D eigenvalue weighted by atomic mass is 10.1. The molecule has 0 aliphatic rings. The molecule has 0 spiro atoms. The topological polar surface area (TPSA) is 42.0 Å². The number of aromatic nitrogens is 1. The fourth-order valence-corrected chi connectivity index (χ4v) is 2.48. The number of fused-ring (bicyclic) bond motifs is 1. The van der Waals surface area contributed by atoms with Crippen LogP contribution in [0.2, 0.25) is 0 Å². The Morgan fingerprint density at radius 3 is 2.83 bits per heavy atom. The van der Waals surface area contributed by atoms with E-state index in [0.29, 0.717) is 0 Å².